The van der Waals surface area contributed by atoms with Crippen LogP contribution in [0.25, 0.3) is 0 Å². The molecule has 1 saturated carbocycles. The summed E-state index contributed by atoms with van der Waals surface area (Å²) in [5, 5.41) is 3.58. The number of ether oxygens (including phenoxy) is 1. The van der Waals surface area contributed by atoms with Crippen LogP contribution in [0, 0.1) is 3.57 Å². The summed E-state index contributed by atoms with van der Waals surface area (Å²) in [6, 6.07) is 9.09. The van der Waals surface area contributed by atoms with Crippen molar-refractivity contribution in [3.63, 3.8) is 0 Å². The maximum Gasteiger partial charge on any atom is 0.0802 e. The Balaban J connectivity index is 1.88. The lowest BCUT2D eigenvalue weighted by Gasteiger charge is -2.41. The summed E-state index contributed by atoms with van der Waals surface area (Å²) in [6.45, 7) is 3.17. The number of benzene rings is 1. The van der Waals surface area contributed by atoms with E-state index in [9.17, 15) is 0 Å². The lowest BCUT2D eigenvalue weighted by molar-refractivity contribution is -0.0706. The third-order valence-electron chi connectivity index (χ3n) is 3.80. The highest BCUT2D eigenvalue weighted by Crippen LogP contribution is 2.34. The number of nitrogens with one attached hydrogen (secondary N) is 1. The third kappa shape index (κ3) is 3.20. The number of hydrogen-bond donors (Lipinski definition) is 1. The summed E-state index contributed by atoms with van der Waals surface area (Å²) >= 11 is 2.33. The van der Waals surface area contributed by atoms with E-state index >= 15 is 0 Å². The molecule has 0 amide bonds. The van der Waals surface area contributed by atoms with Crippen LogP contribution in [0.15, 0.2) is 24.3 Å². The van der Waals surface area contributed by atoms with Crippen molar-refractivity contribution in [2.45, 2.75) is 37.8 Å². The van der Waals surface area contributed by atoms with Crippen molar-refractivity contribution in [3.05, 3.63) is 33.4 Å². The molecule has 2 rings (SSSR count). The molecule has 0 radical (unpaired) electrons. The molecule has 17 heavy (non-hydrogen) atoms. The van der Waals surface area contributed by atoms with Gasteiger partial charge in [-0.2, -0.15) is 0 Å². The van der Waals surface area contributed by atoms with Gasteiger partial charge in [-0.1, -0.05) is 12.1 Å². The van der Waals surface area contributed by atoms with Gasteiger partial charge in [-0.25, -0.2) is 0 Å². The molecule has 1 aliphatic carbocycles. The van der Waals surface area contributed by atoms with E-state index in [4.69, 9.17) is 4.74 Å². The normalized spacial score (nSPS) is 19.7. The summed E-state index contributed by atoms with van der Waals surface area (Å²) in [4.78, 5) is 0. The zero-order chi connectivity index (χ0) is 12.3. The average molecular weight is 345 g/mol. The Hall–Kier alpha value is -0.130. The lowest BCUT2D eigenvalue weighted by atomic mass is 9.80. The molecule has 1 unspecified atom stereocenters. The Kier molecular flexibility index (Phi) is 4.44. The van der Waals surface area contributed by atoms with Crippen LogP contribution in [-0.4, -0.2) is 19.3 Å². The van der Waals surface area contributed by atoms with Crippen molar-refractivity contribution in [1.29, 1.82) is 0 Å². The Morgan fingerprint density at radius 1 is 1.35 bits per heavy atom. The van der Waals surface area contributed by atoms with Crippen LogP contribution in [0.3, 0.4) is 0 Å². The molecule has 1 aromatic carbocycles. The third-order valence-corrected chi connectivity index (χ3v) is 4.52. The van der Waals surface area contributed by atoms with Gasteiger partial charge in [0.1, 0.15) is 0 Å². The highest BCUT2D eigenvalue weighted by Gasteiger charge is 2.36. The van der Waals surface area contributed by atoms with E-state index in [1.165, 1.54) is 28.4 Å². The van der Waals surface area contributed by atoms with Crippen LogP contribution in [0.5, 0.6) is 0 Å². The van der Waals surface area contributed by atoms with Crippen molar-refractivity contribution >= 4 is 22.6 Å². The van der Waals surface area contributed by atoms with Crippen molar-refractivity contribution in [2.24, 2.45) is 0 Å². The van der Waals surface area contributed by atoms with E-state index in [-0.39, 0.29) is 5.60 Å². The molecular weight excluding hydrogens is 325 g/mol. The summed E-state index contributed by atoms with van der Waals surface area (Å²) in [7, 11) is 1.83. The molecule has 0 saturated heterocycles. The molecule has 1 fully saturated rings. The fraction of sp³-hybridized carbons (Fsp3) is 0.571. The summed E-state index contributed by atoms with van der Waals surface area (Å²) in [5.74, 6) is 0. The fourth-order valence-electron chi connectivity index (χ4n) is 2.23. The predicted molar refractivity (Wildman–Crippen MR) is 79.2 cm³/mol. The second-order valence-electron chi connectivity index (χ2n) is 4.89. The van der Waals surface area contributed by atoms with Gasteiger partial charge < -0.3 is 10.1 Å². The molecule has 0 heterocycles. The first-order chi connectivity index (χ1) is 8.15. The number of hydrogen-bond acceptors (Lipinski definition) is 2. The molecule has 0 spiro atoms. The van der Waals surface area contributed by atoms with Gasteiger partial charge in [0.2, 0.25) is 0 Å². The maximum absolute atomic E-state index is 5.62. The van der Waals surface area contributed by atoms with Gasteiger partial charge in [0.15, 0.2) is 0 Å². The van der Waals surface area contributed by atoms with Crippen LogP contribution in [0.2, 0.25) is 0 Å². The number of halogens is 1. The first-order valence-corrected chi connectivity index (χ1v) is 7.27. The van der Waals surface area contributed by atoms with Crippen LogP contribution in [0.4, 0.5) is 0 Å². The topological polar surface area (TPSA) is 21.3 Å². The van der Waals surface area contributed by atoms with Gasteiger partial charge in [-0.05, 0) is 66.5 Å². The second kappa shape index (κ2) is 5.67. The maximum atomic E-state index is 5.62. The van der Waals surface area contributed by atoms with Gasteiger partial charge in [-0.15, -0.1) is 0 Å². The quantitative estimate of drug-likeness (QED) is 0.825. The molecular formula is C14H20INO. The minimum Gasteiger partial charge on any atom is -0.377 e. The summed E-state index contributed by atoms with van der Waals surface area (Å²) in [5.41, 5.74) is 1.45. The Morgan fingerprint density at radius 2 is 2.00 bits per heavy atom. The van der Waals surface area contributed by atoms with Crippen LogP contribution in [-0.2, 0) is 4.74 Å². The molecule has 0 aliphatic heterocycles. The van der Waals surface area contributed by atoms with Gasteiger partial charge in [-0.3, -0.25) is 0 Å². The first kappa shape index (κ1) is 13.3. The lowest BCUT2D eigenvalue weighted by Crippen LogP contribution is -2.48. The number of rotatable bonds is 5. The van der Waals surface area contributed by atoms with E-state index in [0.717, 1.165) is 6.54 Å². The van der Waals surface area contributed by atoms with E-state index in [2.05, 4.69) is 59.1 Å². The van der Waals surface area contributed by atoms with E-state index in [0.29, 0.717) is 6.04 Å². The minimum absolute atomic E-state index is 0.109. The zero-order valence-corrected chi connectivity index (χ0v) is 12.7. The molecule has 0 aromatic heterocycles. The molecule has 1 aliphatic rings. The molecule has 1 atom stereocenters. The molecule has 0 bridgehead atoms. The average Bonchev–Trinajstić information content (AvgIpc) is 2.29. The molecule has 3 heteroatoms. The van der Waals surface area contributed by atoms with Crippen molar-refractivity contribution in [1.82, 2.24) is 5.32 Å². The Bertz CT molecular complexity index is 353. The van der Waals surface area contributed by atoms with Crippen LogP contribution < -0.4 is 5.32 Å². The van der Waals surface area contributed by atoms with E-state index in [1.807, 2.05) is 7.11 Å². The fourth-order valence-corrected chi connectivity index (χ4v) is 2.59. The van der Waals surface area contributed by atoms with Gasteiger partial charge in [0.05, 0.1) is 5.60 Å². The summed E-state index contributed by atoms with van der Waals surface area (Å²) in [6.07, 6.45) is 3.68. The van der Waals surface area contributed by atoms with Gasteiger partial charge in [0.25, 0.3) is 0 Å². The van der Waals surface area contributed by atoms with Crippen LogP contribution >= 0.6 is 22.6 Å². The predicted octanol–water partition coefficient (Wildman–Crippen LogP) is 3.51. The summed E-state index contributed by atoms with van der Waals surface area (Å²) < 4.78 is 6.90. The van der Waals surface area contributed by atoms with Crippen molar-refractivity contribution < 1.29 is 4.74 Å². The van der Waals surface area contributed by atoms with E-state index < -0.39 is 0 Å². The van der Waals surface area contributed by atoms with Gasteiger partial charge in [0, 0.05) is 23.3 Å². The van der Waals surface area contributed by atoms with Crippen molar-refractivity contribution in [3.8, 4) is 0 Å². The Morgan fingerprint density at radius 3 is 2.47 bits per heavy atom. The zero-order valence-electron chi connectivity index (χ0n) is 10.5. The molecule has 1 N–H and O–H groups in total. The molecule has 94 valence electrons. The number of methoxy groups -OCH3 is 1. The standard InChI is InChI=1S/C14H20INO/c1-11(12-4-6-13(15)7-5-12)16-10-14(17-2)8-3-9-14/h4-7,11,16H,3,8-10H2,1-2H3. The monoisotopic (exact) mass is 345 g/mol. The highest BCUT2D eigenvalue weighted by molar-refractivity contribution is 14.1. The second-order valence-corrected chi connectivity index (χ2v) is 6.14. The SMILES string of the molecule is COC1(CNC(C)c2ccc(I)cc2)CCC1. The van der Waals surface area contributed by atoms with Gasteiger partial charge >= 0.3 is 0 Å². The molecule has 2 nitrogen and oxygen atoms in total. The van der Waals surface area contributed by atoms with Crippen molar-refractivity contribution in [2.75, 3.05) is 13.7 Å². The Labute approximate surface area is 117 Å². The first-order valence-electron chi connectivity index (χ1n) is 6.19. The minimum atomic E-state index is 0.109. The smallest absolute Gasteiger partial charge is 0.0802 e. The molecule has 1 aromatic rings. The van der Waals surface area contributed by atoms with E-state index in [1.54, 1.807) is 0 Å². The van der Waals surface area contributed by atoms with Crippen LogP contribution in [0.1, 0.15) is 37.8 Å². The highest BCUT2D eigenvalue weighted by atomic mass is 127. The largest absolute Gasteiger partial charge is 0.377 e.